The summed E-state index contributed by atoms with van der Waals surface area (Å²) in [6.45, 7) is 15.3. The number of benzene rings is 4. The quantitative estimate of drug-likeness (QED) is 0.178. The number of rotatable bonds is 7. The van der Waals surface area contributed by atoms with Crippen LogP contribution in [0.25, 0.3) is 44.4 Å². The van der Waals surface area contributed by atoms with E-state index in [4.69, 9.17) is 14.8 Å². The third-order valence-corrected chi connectivity index (χ3v) is 9.06. The maximum Gasteiger partial charge on any atom is 0.137 e. The Labute approximate surface area is 277 Å². The Bertz CT molecular complexity index is 2250. The van der Waals surface area contributed by atoms with Gasteiger partial charge in [0.15, 0.2) is 0 Å². The minimum absolute atomic E-state index is 0.0434. The van der Waals surface area contributed by atoms with E-state index in [1.807, 2.05) is 18.3 Å². The van der Waals surface area contributed by atoms with Crippen LogP contribution < -0.4 is 4.74 Å². The normalized spacial score (nSPS) is 11.9. The van der Waals surface area contributed by atoms with Gasteiger partial charge in [0.2, 0.25) is 0 Å². The average molecular weight is 619 g/mol. The molecule has 0 saturated heterocycles. The molecule has 0 amide bonds. The van der Waals surface area contributed by atoms with Gasteiger partial charge in [-0.15, -0.1) is 0 Å². The SMILES string of the molecule is CCCc1cc(Oc2ccc3c4cc(C(C)(C)C)ccc4n(-c4cc(C)ccn4)c3c2)cc(-n2nc(C)c(-c3ccccc3)c2C)c1. The zero-order valence-corrected chi connectivity index (χ0v) is 28.4. The molecule has 4 aromatic carbocycles. The van der Waals surface area contributed by atoms with E-state index in [0.29, 0.717) is 0 Å². The van der Waals surface area contributed by atoms with Gasteiger partial charge in [0.1, 0.15) is 17.3 Å². The van der Waals surface area contributed by atoms with Crippen LogP contribution in [0.15, 0.2) is 103 Å². The Morgan fingerprint density at radius 1 is 0.745 bits per heavy atom. The van der Waals surface area contributed by atoms with Gasteiger partial charge < -0.3 is 4.74 Å². The number of hydrogen-bond acceptors (Lipinski definition) is 3. The Balaban J connectivity index is 1.35. The topological polar surface area (TPSA) is 44.9 Å². The zero-order chi connectivity index (χ0) is 32.9. The highest BCUT2D eigenvalue weighted by molar-refractivity contribution is 6.09. The van der Waals surface area contributed by atoms with Gasteiger partial charge in [-0.05, 0) is 103 Å². The molecule has 5 nitrogen and oxygen atoms in total. The van der Waals surface area contributed by atoms with Crippen molar-refractivity contribution < 1.29 is 4.74 Å². The van der Waals surface area contributed by atoms with Crippen molar-refractivity contribution in [1.82, 2.24) is 19.3 Å². The summed E-state index contributed by atoms with van der Waals surface area (Å²) in [5.74, 6) is 2.48. The van der Waals surface area contributed by atoms with E-state index in [1.54, 1.807) is 0 Å². The van der Waals surface area contributed by atoms with Gasteiger partial charge in [-0.25, -0.2) is 9.67 Å². The highest BCUT2D eigenvalue weighted by atomic mass is 16.5. The van der Waals surface area contributed by atoms with Crippen molar-refractivity contribution >= 4 is 21.8 Å². The van der Waals surface area contributed by atoms with E-state index in [0.717, 1.165) is 58.3 Å². The molecule has 0 spiro atoms. The second-order valence-corrected chi connectivity index (χ2v) is 13.7. The maximum absolute atomic E-state index is 6.71. The molecule has 7 rings (SSSR count). The Kier molecular flexibility index (Phi) is 7.71. The maximum atomic E-state index is 6.71. The molecule has 0 bridgehead atoms. The monoisotopic (exact) mass is 618 g/mol. The predicted octanol–water partition coefficient (Wildman–Crippen LogP) is 11.0. The lowest BCUT2D eigenvalue weighted by Crippen LogP contribution is -2.10. The average Bonchev–Trinajstić information content (AvgIpc) is 3.53. The number of aromatic nitrogens is 4. The fraction of sp³-hybridized carbons (Fsp3) is 0.238. The molecule has 3 aromatic heterocycles. The van der Waals surface area contributed by atoms with E-state index < -0.39 is 0 Å². The van der Waals surface area contributed by atoms with E-state index in [-0.39, 0.29) is 5.41 Å². The van der Waals surface area contributed by atoms with E-state index in [2.05, 4.69) is 143 Å². The molecule has 0 N–H and O–H groups in total. The Morgan fingerprint density at radius 3 is 2.30 bits per heavy atom. The standard InChI is InChI=1S/C42H42N4O/c1-8-12-30-22-33(46-29(4)41(28(3)44-46)31-13-10-9-11-14-31)25-35(23-30)47-34-16-17-36-37-24-32(42(5,6)7)15-18-38(37)45(39(36)26-34)40-21-27(2)19-20-43-40/h9-11,13-26H,8,12H2,1-7H3. The second kappa shape index (κ2) is 11.9. The first-order valence-corrected chi connectivity index (χ1v) is 16.6. The van der Waals surface area contributed by atoms with Gasteiger partial charge >= 0.3 is 0 Å². The number of fused-ring (bicyclic) bond motifs is 3. The van der Waals surface area contributed by atoms with Gasteiger partial charge in [0.25, 0.3) is 0 Å². The van der Waals surface area contributed by atoms with Crippen molar-refractivity contribution in [3.8, 4) is 34.1 Å². The minimum atomic E-state index is 0.0434. The number of aryl methyl sites for hydroxylation is 3. The summed E-state index contributed by atoms with van der Waals surface area (Å²) < 4.78 is 11.0. The predicted molar refractivity (Wildman–Crippen MR) is 195 cm³/mol. The molecule has 0 unspecified atom stereocenters. The van der Waals surface area contributed by atoms with Gasteiger partial charge in [-0.1, -0.05) is 70.5 Å². The zero-order valence-electron chi connectivity index (χ0n) is 28.4. The van der Waals surface area contributed by atoms with Crippen molar-refractivity contribution in [1.29, 1.82) is 0 Å². The molecule has 0 aliphatic rings. The molecule has 0 radical (unpaired) electrons. The van der Waals surface area contributed by atoms with Crippen molar-refractivity contribution in [2.45, 2.75) is 66.7 Å². The number of hydrogen-bond donors (Lipinski definition) is 0. The van der Waals surface area contributed by atoms with Crippen molar-refractivity contribution in [2.24, 2.45) is 0 Å². The first-order chi connectivity index (χ1) is 22.6. The molecule has 0 atom stereocenters. The first-order valence-electron chi connectivity index (χ1n) is 16.6. The van der Waals surface area contributed by atoms with Crippen LogP contribution in [-0.2, 0) is 11.8 Å². The van der Waals surface area contributed by atoms with Crippen LogP contribution in [0.2, 0.25) is 0 Å². The fourth-order valence-electron chi connectivity index (χ4n) is 6.73. The fourth-order valence-corrected chi connectivity index (χ4v) is 6.73. The molecule has 236 valence electrons. The summed E-state index contributed by atoms with van der Waals surface area (Å²) in [6.07, 6.45) is 3.88. The molecule has 0 aliphatic heterocycles. The van der Waals surface area contributed by atoms with E-state index in [1.165, 1.54) is 38.6 Å². The molecule has 5 heteroatoms. The largest absolute Gasteiger partial charge is 0.457 e. The third-order valence-electron chi connectivity index (χ3n) is 9.06. The summed E-state index contributed by atoms with van der Waals surface area (Å²) in [6, 6.07) is 34.4. The summed E-state index contributed by atoms with van der Waals surface area (Å²) in [7, 11) is 0. The van der Waals surface area contributed by atoms with Gasteiger partial charge in [0.05, 0.1) is 22.4 Å². The van der Waals surface area contributed by atoms with Crippen molar-refractivity contribution in [2.75, 3.05) is 0 Å². The lowest BCUT2D eigenvalue weighted by Gasteiger charge is -2.19. The van der Waals surface area contributed by atoms with Crippen LogP contribution in [0.1, 0.15) is 62.2 Å². The Morgan fingerprint density at radius 2 is 1.55 bits per heavy atom. The number of pyridine rings is 1. The lowest BCUT2D eigenvalue weighted by molar-refractivity contribution is 0.482. The first kappa shape index (κ1) is 30.5. The summed E-state index contributed by atoms with van der Waals surface area (Å²) in [5.41, 5.74) is 11.4. The van der Waals surface area contributed by atoms with Gasteiger partial charge in [0, 0.05) is 40.4 Å². The van der Waals surface area contributed by atoms with Crippen molar-refractivity contribution in [3.05, 3.63) is 131 Å². The van der Waals surface area contributed by atoms with Crippen LogP contribution in [0, 0.1) is 20.8 Å². The number of ether oxygens (including phenoxy) is 1. The molecule has 3 heterocycles. The Hall–Kier alpha value is -5.16. The highest BCUT2D eigenvalue weighted by Crippen LogP contribution is 2.38. The molecular weight excluding hydrogens is 576 g/mol. The number of nitrogens with zero attached hydrogens (tertiary/aromatic N) is 4. The molecule has 47 heavy (non-hydrogen) atoms. The molecule has 0 saturated carbocycles. The van der Waals surface area contributed by atoms with Crippen LogP contribution in [0.3, 0.4) is 0 Å². The lowest BCUT2D eigenvalue weighted by atomic mass is 9.86. The smallest absolute Gasteiger partial charge is 0.137 e. The summed E-state index contributed by atoms with van der Waals surface area (Å²) in [5, 5.41) is 7.39. The van der Waals surface area contributed by atoms with Crippen molar-refractivity contribution in [3.63, 3.8) is 0 Å². The van der Waals surface area contributed by atoms with Crippen LogP contribution in [0.5, 0.6) is 11.5 Å². The van der Waals surface area contributed by atoms with Gasteiger partial charge in [-0.3, -0.25) is 4.57 Å². The van der Waals surface area contributed by atoms with Crippen LogP contribution >= 0.6 is 0 Å². The highest BCUT2D eigenvalue weighted by Gasteiger charge is 2.20. The molecule has 0 fully saturated rings. The van der Waals surface area contributed by atoms with E-state index >= 15 is 0 Å². The van der Waals surface area contributed by atoms with Gasteiger partial charge in [-0.2, -0.15) is 5.10 Å². The minimum Gasteiger partial charge on any atom is -0.457 e. The molecular formula is C42H42N4O. The summed E-state index contributed by atoms with van der Waals surface area (Å²) in [4.78, 5) is 4.80. The third kappa shape index (κ3) is 5.71. The van der Waals surface area contributed by atoms with Crippen LogP contribution in [0.4, 0.5) is 0 Å². The molecule has 7 aromatic rings. The summed E-state index contributed by atoms with van der Waals surface area (Å²) >= 11 is 0. The second-order valence-electron chi connectivity index (χ2n) is 13.7. The van der Waals surface area contributed by atoms with Crippen LogP contribution in [-0.4, -0.2) is 19.3 Å². The molecule has 0 aliphatic carbocycles. The van der Waals surface area contributed by atoms with E-state index in [9.17, 15) is 0 Å².